The molecule has 0 aliphatic carbocycles. The summed E-state index contributed by atoms with van der Waals surface area (Å²) in [7, 11) is 0. The molecule has 0 saturated carbocycles. The lowest BCUT2D eigenvalue weighted by Crippen LogP contribution is -2.11. The molecule has 422 valence electrons. The molecule has 0 bridgehead atoms. The number of aromatic nitrogens is 5. The molecule has 0 fully saturated rings. The van der Waals surface area contributed by atoms with Crippen molar-refractivity contribution in [2.75, 3.05) is 0 Å². The summed E-state index contributed by atoms with van der Waals surface area (Å²) < 4.78 is 174. The number of hydrogen-bond acceptors (Lipinski definition) is 4. The zero-order valence-corrected chi connectivity index (χ0v) is 44.0. The van der Waals surface area contributed by atoms with Crippen LogP contribution in [0.25, 0.3) is 123 Å². The molecule has 3 heterocycles. The van der Waals surface area contributed by atoms with Crippen LogP contribution >= 0.6 is 0 Å². The summed E-state index contributed by atoms with van der Waals surface area (Å²) in [6.45, 7) is 0. The average Bonchev–Trinajstić information content (AvgIpc) is 4.03. The van der Waals surface area contributed by atoms with Crippen molar-refractivity contribution in [2.45, 2.75) is 24.7 Å². The first kappa shape index (κ1) is 54.7. The number of hydrogen-bond donors (Lipinski definition) is 0. The van der Waals surface area contributed by atoms with E-state index in [2.05, 4.69) is 6.07 Å². The molecule has 18 heteroatoms. The maximum absolute atomic E-state index is 14.2. The minimum atomic E-state index is -5.10. The highest BCUT2D eigenvalue weighted by molar-refractivity contribution is 6.12. The molecule has 0 radical (unpaired) electrons. The van der Waals surface area contributed by atoms with Crippen LogP contribution < -0.4 is 0 Å². The Balaban J connectivity index is 1.08. The van der Waals surface area contributed by atoms with Crippen molar-refractivity contribution in [1.82, 2.24) is 24.1 Å². The number of halogens is 12. The van der Waals surface area contributed by atoms with Crippen LogP contribution in [0.2, 0.25) is 0 Å². The number of alkyl halides is 12. The SMILES string of the molecule is N#Cc1ccc(-n2c3ccccc3c3cc(-c4cc(C(F)(F)F)cc(C(F)(F)F)c4)ccc32)c(-c2cc(-n3c4ccccc4c4cc(-c5cc(C(F)(F)F)cc(C(F)(F)F)c5)ccc43)ccc2-c2nc(-c3ccccc3)nc(-c3ccccc3)n2)c1. The topological polar surface area (TPSA) is 72.3 Å². The molecule has 10 aromatic carbocycles. The zero-order chi connectivity index (χ0) is 60.0. The fourth-order valence-electron chi connectivity index (χ4n) is 11.1. The summed E-state index contributed by atoms with van der Waals surface area (Å²) in [5, 5.41) is 12.8. The van der Waals surface area contributed by atoms with Crippen molar-refractivity contribution in [3.8, 4) is 85.0 Å². The van der Waals surface area contributed by atoms with Crippen LogP contribution in [0.4, 0.5) is 52.7 Å². The van der Waals surface area contributed by atoms with Gasteiger partial charge in [0.05, 0.1) is 61.6 Å². The Morgan fingerprint density at radius 3 is 1.19 bits per heavy atom. The van der Waals surface area contributed by atoms with Gasteiger partial charge in [-0.05, 0) is 137 Å². The maximum Gasteiger partial charge on any atom is 0.416 e. The molecule has 0 spiro atoms. The average molecular weight is 1170 g/mol. The lowest BCUT2D eigenvalue weighted by atomic mass is 9.94. The fraction of sp³-hybridized carbons (Fsp3) is 0.0588. The Morgan fingerprint density at radius 2 is 0.721 bits per heavy atom. The molecule has 6 nitrogen and oxygen atoms in total. The first-order valence-electron chi connectivity index (χ1n) is 26.3. The van der Waals surface area contributed by atoms with E-state index < -0.39 is 47.0 Å². The first-order chi connectivity index (χ1) is 41.1. The normalized spacial score (nSPS) is 12.4. The molecule has 13 aromatic rings. The van der Waals surface area contributed by atoms with E-state index in [1.807, 2.05) is 88.0 Å². The van der Waals surface area contributed by atoms with Gasteiger partial charge in [0.15, 0.2) is 17.5 Å². The highest BCUT2D eigenvalue weighted by Gasteiger charge is 2.39. The Hall–Kier alpha value is -10.5. The predicted octanol–water partition coefficient (Wildman–Crippen LogP) is 20.0. The summed E-state index contributed by atoms with van der Waals surface area (Å²) in [5.74, 6) is 0.834. The van der Waals surface area contributed by atoms with Gasteiger partial charge in [0, 0.05) is 49.5 Å². The molecule has 0 aliphatic heterocycles. The van der Waals surface area contributed by atoms with Gasteiger partial charge in [-0.1, -0.05) is 109 Å². The molecule has 0 unspecified atom stereocenters. The van der Waals surface area contributed by atoms with Gasteiger partial charge in [-0.25, -0.2) is 15.0 Å². The van der Waals surface area contributed by atoms with Crippen molar-refractivity contribution >= 4 is 43.6 Å². The Bertz CT molecular complexity index is 4770. The summed E-state index contributed by atoms with van der Waals surface area (Å²) in [6.07, 6.45) is -20.4. The van der Waals surface area contributed by atoms with Crippen LogP contribution in [-0.4, -0.2) is 24.1 Å². The van der Waals surface area contributed by atoms with E-state index in [1.54, 1.807) is 84.9 Å². The van der Waals surface area contributed by atoms with Crippen LogP contribution in [0.3, 0.4) is 0 Å². The van der Waals surface area contributed by atoms with Crippen molar-refractivity contribution in [3.63, 3.8) is 0 Å². The largest absolute Gasteiger partial charge is 0.416 e. The Labute approximate surface area is 479 Å². The smallest absolute Gasteiger partial charge is 0.309 e. The van der Waals surface area contributed by atoms with Crippen molar-refractivity contribution < 1.29 is 52.7 Å². The molecule has 0 saturated heterocycles. The fourth-order valence-corrected chi connectivity index (χ4v) is 11.1. The molecule has 0 aliphatic rings. The highest BCUT2D eigenvalue weighted by atomic mass is 19.4. The van der Waals surface area contributed by atoms with Crippen molar-refractivity contribution in [3.05, 3.63) is 246 Å². The second-order valence-corrected chi connectivity index (χ2v) is 20.4. The summed E-state index contributed by atoms with van der Waals surface area (Å²) in [4.78, 5) is 15.1. The third-order valence-electron chi connectivity index (χ3n) is 15.0. The van der Waals surface area contributed by atoms with E-state index in [0.29, 0.717) is 119 Å². The number of nitriles is 1. The van der Waals surface area contributed by atoms with Gasteiger partial charge in [-0.2, -0.15) is 57.9 Å². The van der Waals surface area contributed by atoms with Gasteiger partial charge in [-0.15, -0.1) is 0 Å². The van der Waals surface area contributed by atoms with E-state index in [0.717, 1.165) is 0 Å². The zero-order valence-electron chi connectivity index (χ0n) is 44.0. The molecular formula is C68H36F12N6. The Morgan fingerprint density at radius 1 is 0.302 bits per heavy atom. The number of benzene rings is 10. The van der Waals surface area contributed by atoms with Gasteiger partial charge in [0.1, 0.15) is 0 Å². The van der Waals surface area contributed by atoms with Gasteiger partial charge >= 0.3 is 24.7 Å². The van der Waals surface area contributed by atoms with Gasteiger partial charge < -0.3 is 9.13 Å². The number of fused-ring (bicyclic) bond motifs is 6. The van der Waals surface area contributed by atoms with E-state index in [9.17, 15) is 57.9 Å². The summed E-state index contributed by atoms with van der Waals surface area (Å²) in [5.41, 5.74) is -0.371. The van der Waals surface area contributed by atoms with Crippen LogP contribution in [0.1, 0.15) is 27.8 Å². The second-order valence-electron chi connectivity index (χ2n) is 20.4. The van der Waals surface area contributed by atoms with E-state index >= 15 is 0 Å². The van der Waals surface area contributed by atoms with Crippen LogP contribution in [-0.2, 0) is 24.7 Å². The molecule has 0 amide bonds. The maximum atomic E-state index is 14.2. The molecule has 0 N–H and O–H groups in total. The molecule has 13 rings (SSSR count). The Kier molecular flexibility index (Phi) is 13.0. The van der Waals surface area contributed by atoms with Crippen molar-refractivity contribution in [1.29, 1.82) is 5.26 Å². The minimum absolute atomic E-state index is 0.0736. The van der Waals surface area contributed by atoms with Crippen LogP contribution in [0, 0.1) is 11.3 Å². The summed E-state index contributed by atoms with van der Waals surface area (Å²) >= 11 is 0. The minimum Gasteiger partial charge on any atom is -0.309 e. The van der Waals surface area contributed by atoms with Gasteiger partial charge in [0.2, 0.25) is 0 Å². The molecular weight excluding hydrogens is 1130 g/mol. The predicted molar refractivity (Wildman–Crippen MR) is 306 cm³/mol. The number of rotatable bonds is 8. The highest BCUT2D eigenvalue weighted by Crippen LogP contribution is 2.46. The lowest BCUT2D eigenvalue weighted by Gasteiger charge is -2.19. The summed E-state index contributed by atoms with van der Waals surface area (Å²) in [6, 6.07) is 57.4. The van der Waals surface area contributed by atoms with Gasteiger partial charge in [0.25, 0.3) is 0 Å². The first-order valence-corrected chi connectivity index (χ1v) is 26.3. The third-order valence-corrected chi connectivity index (χ3v) is 15.0. The van der Waals surface area contributed by atoms with E-state index in [4.69, 9.17) is 15.0 Å². The van der Waals surface area contributed by atoms with E-state index in [1.165, 1.54) is 18.2 Å². The number of para-hydroxylation sites is 2. The van der Waals surface area contributed by atoms with Gasteiger partial charge in [-0.3, -0.25) is 0 Å². The monoisotopic (exact) mass is 1160 g/mol. The quantitative estimate of drug-likeness (QED) is 0.142. The van der Waals surface area contributed by atoms with Crippen molar-refractivity contribution in [2.24, 2.45) is 0 Å². The molecule has 86 heavy (non-hydrogen) atoms. The van der Waals surface area contributed by atoms with E-state index in [-0.39, 0.29) is 45.8 Å². The standard InChI is InChI=1S/C68H36F12N6/c69-65(70,71)45-28-43(29-46(34-45)66(72,73)74)41-20-25-59-55(32-41)50-15-7-9-17-57(50)85(59)49-22-23-52(64-83-62(39-11-3-1-4-12-39)82-63(84-64)40-13-5-2-6-14-40)53(36-49)54-27-38(37-81)19-24-60(54)86-58-18-10-8-16-51(58)56-33-42(21-26-61(56)86)44-30-47(67(75,76)77)35-48(31-44)68(78,79)80/h1-36H. The second kappa shape index (κ2) is 20.4. The molecule has 0 atom stereocenters. The van der Waals surface area contributed by atoms with Crippen LogP contribution in [0.15, 0.2) is 218 Å². The van der Waals surface area contributed by atoms with Crippen LogP contribution in [0.5, 0.6) is 0 Å². The molecule has 3 aromatic heterocycles. The lowest BCUT2D eigenvalue weighted by molar-refractivity contribution is -0.144. The third kappa shape index (κ3) is 9.89. The number of nitrogens with zero attached hydrogens (tertiary/aromatic N) is 6.